The maximum absolute atomic E-state index is 12.8. The summed E-state index contributed by atoms with van der Waals surface area (Å²) in [6.45, 7) is 7.20. The van der Waals surface area contributed by atoms with Crippen LogP contribution in [-0.4, -0.2) is 29.2 Å². The second kappa shape index (κ2) is 3.47. The first-order valence-electron chi connectivity index (χ1n) is 6.96. The zero-order valence-electron chi connectivity index (χ0n) is 11.2. The molecule has 0 aromatic carbocycles. The van der Waals surface area contributed by atoms with E-state index < -0.39 is 0 Å². The number of ether oxygens (including phenoxy) is 1. The average molecular weight is 237 g/mol. The van der Waals surface area contributed by atoms with E-state index in [1.54, 1.807) is 0 Å². The third kappa shape index (κ3) is 1.41. The third-order valence-electron chi connectivity index (χ3n) is 5.08. The summed E-state index contributed by atoms with van der Waals surface area (Å²) in [5.74, 6) is 0.867. The quantitative estimate of drug-likeness (QED) is 0.701. The Balaban J connectivity index is 1.94. The molecule has 2 heterocycles. The molecule has 0 N–H and O–H groups in total. The van der Waals surface area contributed by atoms with Gasteiger partial charge >= 0.3 is 0 Å². The summed E-state index contributed by atoms with van der Waals surface area (Å²) in [6.07, 6.45) is 5.49. The summed E-state index contributed by atoms with van der Waals surface area (Å²) in [4.78, 5) is 14.9. The van der Waals surface area contributed by atoms with Crippen LogP contribution in [-0.2, 0) is 9.53 Å². The fraction of sp³-hybridized carbons (Fsp3) is 0.929. The lowest BCUT2D eigenvalue weighted by Crippen LogP contribution is -2.46. The van der Waals surface area contributed by atoms with Crippen LogP contribution in [0.5, 0.6) is 0 Å². The van der Waals surface area contributed by atoms with E-state index in [4.69, 9.17) is 4.74 Å². The lowest BCUT2D eigenvalue weighted by Gasteiger charge is -2.31. The average Bonchev–Trinajstić information content (AvgIpc) is 2.87. The molecule has 3 aliphatic rings. The second-order valence-corrected chi connectivity index (χ2v) is 6.64. The van der Waals surface area contributed by atoms with Crippen molar-refractivity contribution in [3.05, 3.63) is 0 Å². The summed E-state index contributed by atoms with van der Waals surface area (Å²) in [5, 5.41) is 0. The number of hydrogen-bond donors (Lipinski definition) is 0. The molecule has 3 fully saturated rings. The maximum Gasteiger partial charge on any atom is 0.231 e. The lowest BCUT2D eigenvalue weighted by atomic mass is 9.82. The van der Waals surface area contributed by atoms with Crippen molar-refractivity contribution in [1.29, 1.82) is 0 Å². The fourth-order valence-corrected chi connectivity index (χ4v) is 4.15. The van der Waals surface area contributed by atoms with Crippen LogP contribution in [0.3, 0.4) is 0 Å². The highest BCUT2D eigenvalue weighted by atomic mass is 16.5. The molecule has 0 aromatic rings. The Labute approximate surface area is 104 Å². The van der Waals surface area contributed by atoms with Gasteiger partial charge in [-0.25, -0.2) is 0 Å². The minimum Gasteiger partial charge on any atom is -0.354 e. The van der Waals surface area contributed by atoms with Crippen molar-refractivity contribution in [1.82, 2.24) is 4.90 Å². The number of hydrogen-bond acceptors (Lipinski definition) is 2. The molecule has 0 bridgehead atoms. The molecule has 1 aliphatic carbocycles. The van der Waals surface area contributed by atoms with Crippen molar-refractivity contribution in [2.45, 2.75) is 64.6 Å². The van der Waals surface area contributed by atoms with Gasteiger partial charge in [-0.3, -0.25) is 4.79 Å². The zero-order chi connectivity index (χ0) is 12.3. The van der Waals surface area contributed by atoms with E-state index in [0.29, 0.717) is 11.8 Å². The van der Waals surface area contributed by atoms with Crippen molar-refractivity contribution in [3.8, 4) is 0 Å². The fourth-order valence-electron chi connectivity index (χ4n) is 4.15. The van der Waals surface area contributed by atoms with Crippen molar-refractivity contribution >= 4 is 5.91 Å². The van der Waals surface area contributed by atoms with E-state index in [2.05, 4.69) is 25.7 Å². The molecule has 1 amide bonds. The second-order valence-electron chi connectivity index (χ2n) is 6.64. The minimum absolute atomic E-state index is 0.0672. The van der Waals surface area contributed by atoms with Gasteiger partial charge in [-0.05, 0) is 25.7 Å². The topological polar surface area (TPSA) is 29.5 Å². The van der Waals surface area contributed by atoms with Gasteiger partial charge in [-0.1, -0.05) is 26.7 Å². The monoisotopic (exact) mass is 237 g/mol. The molecule has 17 heavy (non-hydrogen) atoms. The van der Waals surface area contributed by atoms with E-state index >= 15 is 0 Å². The van der Waals surface area contributed by atoms with Crippen molar-refractivity contribution in [2.75, 3.05) is 6.61 Å². The normalized spacial score (nSPS) is 39.6. The molecule has 2 atom stereocenters. The van der Waals surface area contributed by atoms with Gasteiger partial charge in [-0.2, -0.15) is 0 Å². The van der Waals surface area contributed by atoms with Crippen LogP contribution in [0, 0.1) is 11.3 Å². The maximum atomic E-state index is 12.8. The summed E-state index contributed by atoms with van der Waals surface area (Å²) >= 11 is 0. The molecule has 0 radical (unpaired) electrons. The number of nitrogens with zero attached hydrogens (tertiary/aromatic N) is 1. The first kappa shape index (κ1) is 11.5. The van der Waals surface area contributed by atoms with Crippen molar-refractivity contribution in [2.24, 2.45) is 11.3 Å². The van der Waals surface area contributed by atoms with Gasteiger partial charge in [0.1, 0.15) is 5.72 Å². The SMILES string of the molecule is CC(C)[C@@H]1CO[C@]2(C)CC3(CCCC3)C(=O)N12. The largest absolute Gasteiger partial charge is 0.354 e. The molecule has 2 saturated heterocycles. The van der Waals surface area contributed by atoms with Crippen LogP contribution in [0.25, 0.3) is 0 Å². The zero-order valence-corrected chi connectivity index (χ0v) is 11.2. The van der Waals surface area contributed by atoms with Crippen LogP contribution in [0.1, 0.15) is 52.9 Å². The molecule has 2 aliphatic heterocycles. The predicted octanol–water partition coefficient (Wildman–Crippen LogP) is 2.55. The Hall–Kier alpha value is -0.570. The van der Waals surface area contributed by atoms with Crippen LogP contribution in [0.4, 0.5) is 0 Å². The molecule has 1 spiro atoms. The van der Waals surface area contributed by atoms with Gasteiger partial charge in [-0.15, -0.1) is 0 Å². The van der Waals surface area contributed by atoms with Crippen LogP contribution >= 0.6 is 0 Å². The standard InChI is InChI=1S/C14H23NO2/c1-10(2)11-8-17-13(3)9-14(6-4-5-7-14)12(16)15(11)13/h10-11H,4-9H2,1-3H3/t11-,13+/m0/s1. The van der Waals surface area contributed by atoms with Gasteiger partial charge in [0.05, 0.1) is 18.1 Å². The summed E-state index contributed by atoms with van der Waals surface area (Å²) < 4.78 is 6.00. The van der Waals surface area contributed by atoms with Gasteiger partial charge in [0.15, 0.2) is 0 Å². The highest BCUT2D eigenvalue weighted by molar-refractivity contribution is 5.87. The van der Waals surface area contributed by atoms with Gasteiger partial charge < -0.3 is 9.64 Å². The minimum atomic E-state index is -0.309. The summed E-state index contributed by atoms with van der Waals surface area (Å²) in [7, 11) is 0. The van der Waals surface area contributed by atoms with Gasteiger partial charge in [0.25, 0.3) is 0 Å². The Kier molecular flexibility index (Phi) is 2.35. The summed E-state index contributed by atoms with van der Waals surface area (Å²) in [6, 6.07) is 0.285. The number of carbonyl (C=O) groups excluding carboxylic acids is 1. The van der Waals surface area contributed by atoms with Crippen molar-refractivity contribution in [3.63, 3.8) is 0 Å². The first-order valence-corrected chi connectivity index (χ1v) is 6.96. The molecule has 0 unspecified atom stereocenters. The molecule has 1 saturated carbocycles. The molecule has 96 valence electrons. The van der Waals surface area contributed by atoms with Crippen LogP contribution in [0.2, 0.25) is 0 Å². The molecule has 3 heteroatoms. The van der Waals surface area contributed by atoms with Gasteiger partial charge in [0, 0.05) is 6.42 Å². The smallest absolute Gasteiger partial charge is 0.231 e. The van der Waals surface area contributed by atoms with E-state index in [1.807, 2.05) is 0 Å². The summed E-state index contributed by atoms with van der Waals surface area (Å²) in [5.41, 5.74) is -0.376. The number of fused-ring (bicyclic) bond motifs is 1. The molecular formula is C14H23NO2. The van der Waals surface area contributed by atoms with Crippen LogP contribution in [0.15, 0.2) is 0 Å². The van der Waals surface area contributed by atoms with Crippen LogP contribution < -0.4 is 0 Å². The van der Waals surface area contributed by atoms with E-state index in [1.165, 1.54) is 12.8 Å². The van der Waals surface area contributed by atoms with Gasteiger partial charge in [0.2, 0.25) is 5.91 Å². The Morgan fingerprint density at radius 3 is 2.59 bits per heavy atom. The van der Waals surface area contributed by atoms with E-state index in [0.717, 1.165) is 25.9 Å². The predicted molar refractivity (Wildman–Crippen MR) is 65.3 cm³/mol. The number of rotatable bonds is 1. The molecule has 3 nitrogen and oxygen atoms in total. The lowest BCUT2D eigenvalue weighted by molar-refractivity contribution is -0.142. The highest BCUT2D eigenvalue weighted by Gasteiger charge is 2.63. The first-order chi connectivity index (χ1) is 7.99. The number of carbonyl (C=O) groups is 1. The highest BCUT2D eigenvalue weighted by Crippen LogP contribution is 2.55. The van der Waals surface area contributed by atoms with E-state index in [9.17, 15) is 4.79 Å². The molecule has 3 rings (SSSR count). The molecule has 0 aromatic heterocycles. The Morgan fingerprint density at radius 1 is 1.35 bits per heavy atom. The number of amides is 1. The van der Waals surface area contributed by atoms with Crippen molar-refractivity contribution < 1.29 is 9.53 Å². The Bertz CT molecular complexity index is 346. The van der Waals surface area contributed by atoms with E-state index in [-0.39, 0.29) is 17.2 Å². The Morgan fingerprint density at radius 2 is 2.00 bits per heavy atom. The molecular weight excluding hydrogens is 214 g/mol. The third-order valence-corrected chi connectivity index (χ3v) is 5.08.